The number of rotatable bonds is 5. The van der Waals surface area contributed by atoms with Crippen molar-refractivity contribution in [2.24, 2.45) is 0 Å². The fourth-order valence-corrected chi connectivity index (χ4v) is 2.75. The van der Waals surface area contributed by atoms with E-state index in [-0.39, 0.29) is 18.0 Å². The highest BCUT2D eigenvalue weighted by Gasteiger charge is 2.25. The molecule has 0 bridgehead atoms. The molecule has 0 heterocycles. The van der Waals surface area contributed by atoms with Crippen LogP contribution in [0.15, 0.2) is 30.9 Å². The minimum absolute atomic E-state index is 0.0520. The van der Waals surface area contributed by atoms with Gasteiger partial charge in [-0.2, -0.15) is 0 Å². The maximum atomic E-state index is 13.2. The van der Waals surface area contributed by atoms with Crippen LogP contribution >= 0.6 is 0 Å². The Balaban J connectivity index is 1.84. The van der Waals surface area contributed by atoms with Crippen LogP contribution in [0.3, 0.4) is 0 Å². The number of ether oxygens (including phenoxy) is 1. The molecule has 0 aliphatic heterocycles. The molecule has 2 nitrogen and oxygen atoms in total. The lowest BCUT2D eigenvalue weighted by Crippen LogP contribution is -2.23. The summed E-state index contributed by atoms with van der Waals surface area (Å²) in [5, 5.41) is 0. The second-order valence-corrected chi connectivity index (χ2v) is 5.46. The van der Waals surface area contributed by atoms with Gasteiger partial charge in [0.15, 0.2) is 11.6 Å². The van der Waals surface area contributed by atoms with E-state index in [1.165, 1.54) is 12.1 Å². The Bertz CT molecular complexity index is 506. The van der Waals surface area contributed by atoms with Crippen molar-refractivity contribution in [1.82, 2.24) is 0 Å². The Labute approximate surface area is 123 Å². The molecule has 114 valence electrons. The van der Waals surface area contributed by atoms with E-state index in [0.29, 0.717) is 12.8 Å². The molecule has 21 heavy (non-hydrogen) atoms. The molecule has 0 aromatic heterocycles. The third kappa shape index (κ3) is 4.38. The minimum atomic E-state index is -0.816. The highest BCUT2D eigenvalue weighted by atomic mass is 19.2. The molecule has 0 atom stereocenters. The van der Waals surface area contributed by atoms with Crippen molar-refractivity contribution in [1.29, 1.82) is 0 Å². The minimum Gasteiger partial charge on any atom is -0.462 e. The van der Waals surface area contributed by atoms with E-state index in [1.54, 1.807) is 12.1 Å². The number of carbonyl (C=O) groups is 1. The first-order valence-corrected chi connectivity index (χ1v) is 7.35. The summed E-state index contributed by atoms with van der Waals surface area (Å²) < 4.78 is 31.6. The van der Waals surface area contributed by atoms with Crippen LogP contribution < -0.4 is 0 Å². The highest BCUT2D eigenvalue weighted by molar-refractivity contribution is 5.69. The van der Waals surface area contributed by atoms with Crippen LogP contribution in [0.25, 0.3) is 0 Å². The normalized spacial score (nSPS) is 21.8. The molecule has 2 rings (SSSR count). The van der Waals surface area contributed by atoms with Gasteiger partial charge in [0.1, 0.15) is 6.10 Å². The molecule has 1 aliphatic rings. The van der Waals surface area contributed by atoms with Gasteiger partial charge in [-0.05, 0) is 55.7 Å². The van der Waals surface area contributed by atoms with E-state index in [9.17, 15) is 13.6 Å². The zero-order valence-electron chi connectivity index (χ0n) is 12.0. The van der Waals surface area contributed by atoms with Crippen molar-refractivity contribution in [3.63, 3.8) is 0 Å². The van der Waals surface area contributed by atoms with E-state index in [2.05, 4.69) is 6.58 Å². The summed E-state index contributed by atoms with van der Waals surface area (Å²) in [5.74, 6) is -1.59. The van der Waals surface area contributed by atoms with E-state index in [1.807, 2.05) is 0 Å². The van der Waals surface area contributed by atoms with E-state index in [0.717, 1.165) is 31.2 Å². The zero-order chi connectivity index (χ0) is 15.2. The number of hydrogen-bond acceptors (Lipinski definition) is 2. The first-order valence-electron chi connectivity index (χ1n) is 7.35. The number of benzene rings is 1. The second kappa shape index (κ2) is 7.34. The number of carbonyl (C=O) groups excluding carboxylic acids is 1. The molecule has 1 saturated carbocycles. The SMILES string of the molecule is C=CCCC(=O)OC1CCC(c2ccc(F)c(F)c2)CC1. The number of esters is 1. The summed E-state index contributed by atoms with van der Waals surface area (Å²) in [6, 6.07) is 4.09. The Kier molecular flexibility index (Phi) is 5.48. The summed E-state index contributed by atoms with van der Waals surface area (Å²) in [6.07, 6.45) is 5.82. The number of allylic oxidation sites excluding steroid dienone is 1. The highest BCUT2D eigenvalue weighted by Crippen LogP contribution is 2.34. The summed E-state index contributed by atoms with van der Waals surface area (Å²) in [4.78, 5) is 11.5. The van der Waals surface area contributed by atoms with Crippen LogP contribution in [-0.4, -0.2) is 12.1 Å². The summed E-state index contributed by atoms with van der Waals surface area (Å²) in [7, 11) is 0. The quantitative estimate of drug-likeness (QED) is 0.590. The Morgan fingerprint density at radius 2 is 1.95 bits per heavy atom. The molecular formula is C17H20F2O2. The van der Waals surface area contributed by atoms with Gasteiger partial charge in [0.2, 0.25) is 0 Å². The van der Waals surface area contributed by atoms with Crippen LogP contribution in [0, 0.1) is 11.6 Å². The van der Waals surface area contributed by atoms with Crippen LogP contribution in [0.5, 0.6) is 0 Å². The largest absolute Gasteiger partial charge is 0.462 e. The molecule has 0 radical (unpaired) electrons. The zero-order valence-corrected chi connectivity index (χ0v) is 12.0. The Morgan fingerprint density at radius 3 is 2.57 bits per heavy atom. The molecule has 0 unspecified atom stereocenters. The second-order valence-electron chi connectivity index (χ2n) is 5.46. The summed E-state index contributed by atoms with van der Waals surface area (Å²) >= 11 is 0. The molecular weight excluding hydrogens is 274 g/mol. The molecule has 1 aliphatic carbocycles. The van der Waals surface area contributed by atoms with Gasteiger partial charge in [-0.25, -0.2) is 8.78 Å². The molecule has 4 heteroatoms. The van der Waals surface area contributed by atoms with Gasteiger partial charge >= 0.3 is 5.97 Å². The van der Waals surface area contributed by atoms with Crippen LogP contribution in [0.2, 0.25) is 0 Å². The van der Waals surface area contributed by atoms with Crippen LogP contribution in [0.1, 0.15) is 50.0 Å². The van der Waals surface area contributed by atoms with Crippen molar-refractivity contribution >= 4 is 5.97 Å². The van der Waals surface area contributed by atoms with Crippen molar-refractivity contribution in [3.05, 3.63) is 48.1 Å². The fourth-order valence-electron chi connectivity index (χ4n) is 2.75. The van der Waals surface area contributed by atoms with Gasteiger partial charge in [0.05, 0.1) is 0 Å². The summed E-state index contributed by atoms with van der Waals surface area (Å²) in [5.41, 5.74) is 0.824. The van der Waals surface area contributed by atoms with E-state index in [4.69, 9.17) is 4.74 Å². The molecule has 1 aromatic rings. The van der Waals surface area contributed by atoms with Crippen molar-refractivity contribution < 1.29 is 18.3 Å². The Morgan fingerprint density at radius 1 is 1.24 bits per heavy atom. The van der Waals surface area contributed by atoms with Gasteiger partial charge in [-0.1, -0.05) is 12.1 Å². The van der Waals surface area contributed by atoms with Gasteiger partial charge in [-0.15, -0.1) is 6.58 Å². The topological polar surface area (TPSA) is 26.3 Å². The molecule has 1 aromatic carbocycles. The first kappa shape index (κ1) is 15.7. The van der Waals surface area contributed by atoms with Crippen molar-refractivity contribution in [3.8, 4) is 0 Å². The predicted molar refractivity (Wildman–Crippen MR) is 76.9 cm³/mol. The van der Waals surface area contributed by atoms with Gasteiger partial charge < -0.3 is 4.74 Å². The molecule has 0 saturated heterocycles. The molecule has 0 amide bonds. The predicted octanol–water partition coefficient (Wildman–Crippen LogP) is 4.50. The van der Waals surface area contributed by atoms with Crippen LogP contribution in [-0.2, 0) is 9.53 Å². The average molecular weight is 294 g/mol. The van der Waals surface area contributed by atoms with Gasteiger partial charge in [-0.3, -0.25) is 4.79 Å². The molecule has 1 fully saturated rings. The lowest BCUT2D eigenvalue weighted by molar-refractivity contribution is -0.150. The maximum absolute atomic E-state index is 13.2. The standard InChI is InChI=1S/C17H20F2O2/c1-2-3-4-17(20)21-14-8-5-12(6-9-14)13-7-10-15(18)16(19)11-13/h2,7,10-12,14H,1,3-6,8-9H2. The number of halogens is 2. The van der Waals surface area contributed by atoms with Gasteiger partial charge in [0, 0.05) is 6.42 Å². The third-order valence-electron chi connectivity index (χ3n) is 3.94. The number of hydrogen-bond donors (Lipinski definition) is 0. The monoisotopic (exact) mass is 294 g/mol. The van der Waals surface area contributed by atoms with E-state index >= 15 is 0 Å². The van der Waals surface area contributed by atoms with E-state index < -0.39 is 11.6 Å². The van der Waals surface area contributed by atoms with Crippen LogP contribution in [0.4, 0.5) is 8.78 Å². The first-order chi connectivity index (χ1) is 10.1. The third-order valence-corrected chi connectivity index (χ3v) is 3.94. The molecule has 0 N–H and O–H groups in total. The van der Waals surface area contributed by atoms with Crippen molar-refractivity contribution in [2.45, 2.75) is 50.5 Å². The van der Waals surface area contributed by atoms with Crippen molar-refractivity contribution in [2.75, 3.05) is 0 Å². The fraction of sp³-hybridized carbons (Fsp3) is 0.471. The average Bonchev–Trinajstić information content (AvgIpc) is 2.49. The smallest absolute Gasteiger partial charge is 0.306 e. The Hall–Kier alpha value is -1.71. The lowest BCUT2D eigenvalue weighted by Gasteiger charge is -2.28. The maximum Gasteiger partial charge on any atom is 0.306 e. The lowest BCUT2D eigenvalue weighted by atomic mass is 9.82. The molecule has 0 spiro atoms. The van der Waals surface area contributed by atoms with Gasteiger partial charge in [0.25, 0.3) is 0 Å². The summed E-state index contributed by atoms with van der Waals surface area (Å²) in [6.45, 7) is 3.57.